The van der Waals surface area contributed by atoms with Crippen molar-refractivity contribution < 1.29 is 60.9 Å². The van der Waals surface area contributed by atoms with Gasteiger partial charge in [0.05, 0.1) is 23.1 Å². The van der Waals surface area contributed by atoms with Gasteiger partial charge in [-0.1, -0.05) is 54.1 Å². The summed E-state index contributed by atoms with van der Waals surface area (Å²) in [6, 6.07) is 17.8. The minimum Gasteiger partial charge on any atom is -0.508 e. The molecule has 2 aliphatic heterocycles. The molecule has 2 aliphatic carbocycles. The maximum atomic E-state index is 15.4. The predicted octanol–water partition coefficient (Wildman–Crippen LogP) is 7.13. The monoisotopic (exact) mass is 826 g/mol. The molecule has 0 bridgehead atoms. The van der Waals surface area contributed by atoms with Crippen LogP contribution in [-0.4, -0.2) is 49.6 Å². The van der Waals surface area contributed by atoms with Crippen LogP contribution in [0.1, 0.15) is 40.2 Å². The number of carboxylic acid groups (broad SMARTS) is 1. The largest absolute Gasteiger partial charge is 0.508 e. The highest BCUT2D eigenvalue weighted by molar-refractivity contribution is 6.58. The summed E-state index contributed by atoms with van der Waals surface area (Å²) < 4.78 is 79.8. The second kappa shape index (κ2) is 13.4. The number of ether oxygens (including phenoxy) is 1. The van der Waals surface area contributed by atoms with Crippen LogP contribution >= 0.6 is 23.2 Å². The van der Waals surface area contributed by atoms with Crippen molar-refractivity contribution in [2.24, 2.45) is 17.8 Å². The van der Waals surface area contributed by atoms with Crippen LogP contribution in [0.15, 0.2) is 84.4 Å². The summed E-state index contributed by atoms with van der Waals surface area (Å²) in [7, 11) is 0. The Bertz CT molecular complexity index is 2480. The number of carbonyl (C=O) groups excluding carboxylic acids is 4. The van der Waals surface area contributed by atoms with Gasteiger partial charge in [-0.05, 0) is 48.6 Å². The molecule has 292 valence electrons. The maximum absolute atomic E-state index is 15.4. The lowest BCUT2D eigenvalue weighted by Crippen LogP contribution is -2.60. The highest BCUT2D eigenvalue weighted by Gasteiger charge is 2.77. The first-order chi connectivity index (χ1) is 27.0. The van der Waals surface area contributed by atoms with Crippen molar-refractivity contribution in [1.29, 1.82) is 0 Å². The zero-order valence-corrected chi connectivity index (χ0v) is 30.3. The van der Waals surface area contributed by atoms with Crippen molar-refractivity contribution in [1.82, 2.24) is 0 Å². The van der Waals surface area contributed by atoms with E-state index >= 15 is 8.78 Å². The van der Waals surface area contributed by atoms with Crippen molar-refractivity contribution in [2.45, 2.75) is 35.1 Å². The molecule has 2 heterocycles. The Morgan fingerprint density at radius 3 is 2.11 bits per heavy atom. The lowest BCUT2D eigenvalue weighted by molar-refractivity contribution is -0.125. The summed E-state index contributed by atoms with van der Waals surface area (Å²) in [6.07, 6.45) is 0.536. The van der Waals surface area contributed by atoms with Crippen LogP contribution in [0.2, 0.25) is 0 Å². The molecule has 57 heavy (non-hydrogen) atoms. The number of carboxylic acids is 1. The molecule has 0 spiro atoms. The standard InChI is InChI=1S/C40H25Cl2F5N2O8/c41-39-15-24-21(11-12-23-26(24)35(52)48(34(23)51)19-8-4-7-18(13-19)36(53)54)27(22-10-9-20(14-25(22)50)57-16-17-5-2-1-3-6-17)40(39,42)38(56)49(37(39)55)33-31(46)29(44)28(43)30(45)32(33)47/h1-11,13-14,23-24,26-27,50H,12,15-16H2,(H,53,54)/t23-,24+,26-,27+,39+,40-/m0/s1. The third-order valence-electron chi connectivity index (χ3n) is 11.1. The van der Waals surface area contributed by atoms with Crippen LogP contribution in [0.4, 0.5) is 33.3 Å². The third-order valence-corrected chi connectivity index (χ3v) is 12.5. The van der Waals surface area contributed by atoms with Crippen LogP contribution in [-0.2, 0) is 25.8 Å². The van der Waals surface area contributed by atoms with Crippen LogP contribution in [0.5, 0.6) is 11.5 Å². The quantitative estimate of drug-likeness (QED) is 0.0501. The predicted molar refractivity (Wildman–Crippen MR) is 191 cm³/mol. The molecule has 10 nitrogen and oxygen atoms in total. The Morgan fingerprint density at radius 1 is 0.789 bits per heavy atom. The molecular weight excluding hydrogens is 802 g/mol. The van der Waals surface area contributed by atoms with E-state index in [1.165, 1.54) is 36.4 Å². The summed E-state index contributed by atoms with van der Waals surface area (Å²) in [5, 5.41) is 21.1. The first kappa shape index (κ1) is 38.1. The Hall–Kier alpha value is -5.80. The fourth-order valence-corrected chi connectivity index (χ4v) is 9.47. The zero-order chi connectivity index (χ0) is 40.9. The van der Waals surface area contributed by atoms with Crippen LogP contribution in [0, 0.1) is 46.8 Å². The number of carbonyl (C=O) groups is 5. The van der Waals surface area contributed by atoms with Crippen LogP contribution in [0.25, 0.3) is 0 Å². The maximum Gasteiger partial charge on any atom is 0.335 e. The molecule has 2 saturated heterocycles. The number of aromatic hydroxyl groups is 1. The molecule has 17 heteroatoms. The summed E-state index contributed by atoms with van der Waals surface area (Å²) in [6.45, 7) is 0.0649. The van der Waals surface area contributed by atoms with Gasteiger partial charge in [-0.15, -0.1) is 23.2 Å². The highest BCUT2D eigenvalue weighted by atomic mass is 35.5. The van der Waals surface area contributed by atoms with Crippen LogP contribution in [0.3, 0.4) is 0 Å². The summed E-state index contributed by atoms with van der Waals surface area (Å²) >= 11 is 14.3. The lowest BCUT2D eigenvalue weighted by atomic mass is 9.56. The average molecular weight is 828 g/mol. The number of anilines is 2. The second-order valence-electron chi connectivity index (χ2n) is 14.1. The number of nitrogens with zero attached hydrogens (tertiary/aromatic N) is 2. The van der Waals surface area contributed by atoms with E-state index in [2.05, 4.69) is 0 Å². The number of imide groups is 2. The summed E-state index contributed by atoms with van der Waals surface area (Å²) in [4.78, 5) is 63.8. The zero-order valence-electron chi connectivity index (χ0n) is 28.8. The molecule has 4 aromatic carbocycles. The van der Waals surface area contributed by atoms with Gasteiger partial charge in [-0.3, -0.25) is 24.1 Å². The number of fused-ring (bicyclic) bond motifs is 4. The topological polar surface area (TPSA) is 142 Å². The number of halogens is 7. The van der Waals surface area contributed by atoms with Crippen LogP contribution < -0.4 is 14.5 Å². The second-order valence-corrected chi connectivity index (χ2v) is 15.3. The molecule has 4 amide bonds. The van der Waals surface area contributed by atoms with Gasteiger partial charge in [-0.25, -0.2) is 31.6 Å². The van der Waals surface area contributed by atoms with Gasteiger partial charge in [0.1, 0.15) is 23.8 Å². The SMILES string of the molecule is O=C(O)c1cccc(N2C(=O)[C@H]3[C@H](CC=C4[C@H]3C[C@@]3(Cl)C(=O)N(c5c(F)c(F)c(F)c(F)c5F)C(=O)[C@@]3(Cl)[C@H]4c3ccc(OCc4ccccc4)cc3O)C2=O)c1. The number of rotatable bonds is 7. The van der Waals surface area contributed by atoms with Gasteiger partial charge in [-0.2, -0.15) is 0 Å². The van der Waals surface area contributed by atoms with Gasteiger partial charge >= 0.3 is 5.97 Å². The van der Waals surface area contributed by atoms with Gasteiger partial charge in [0.25, 0.3) is 11.8 Å². The molecule has 4 aliphatic rings. The van der Waals surface area contributed by atoms with Crippen molar-refractivity contribution in [2.75, 3.05) is 9.80 Å². The van der Waals surface area contributed by atoms with Gasteiger partial charge < -0.3 is 14.9 Å². The Morgan fingerprint density at radius 2 is 1.46 bits per heavy atom. The van der Waals surface area contributed by atoms with E-state index in [9.17, 15) is 47.4 Å². The van der Waals surface area contributed by atoms with Crippen molar-refractivity contribution in [3.63, 3.8) is 0 Å². The fraction of sp³-hybridized carbons (Fsp3) is 0.225. The first-order valence-corrected chi connectivity index (χ1v) is 18.0. The average Bonchev–Trinajstić information content (AvgIpc) is 3.54. The third kappa shape index (κ3) is 5.38. The van der Waals surface area contributed by atoms with Gasteiger partial charge in [0.2, 0.25) is 17.6 Å². The molecule has 0 radical (unpaired) electrons. The molecule has 1 saturated carbocycles. The van der Waals surface area contributed by atoms with E-state index in [-0.39, 0.29) is 46.1 Å². The lowest BCUT2D eigenvalue weighted by Gasteiger charge is -2.50. The minimum atomic E-state index is -2.86. The molecule has 3 fully saturated rings. The smallest absolute Gasteiger partial charge is 0.335 e. The van der Waals surface area contributed by atoms with Crippen molar-refractivity contribution in [3.05, 3.63) is 130 Å². The minimum absolute atomic E-state index is 0.0649. The Labute approximate surface area is 328 Å². The molecule has 6 atom stereocenters. The summed E-state index contributed by atoms with van der Waals surface area (Å²) in [5.74, 6) is -24.7. The number of hydrogen-bond donors (Lipinski definition) is 2. The molecular formula is C40H25Cl2F5N2O8. The fourth-order valence-electron chi connectivity index (χ4n) is 8.54. The number of allylic oxidation sites excluding steroid dienone is 2. The van der Waals surface area contributed by atoms with E-state index in [1.807, 2.05) is 0 Å². The number of alkyl halides is 2. The van der Waals surface area contributed by atoms with E-state index in [0.29, 0.717) is 0 Å². The van der Waals surface area contributed by atoms with E-state index in [0.717, 1.165) is 22.6 Å². The number of hydrogen-bond acceptors (Lipinski definition) is 7. The Kier molecular flexibility index (Phi) is 8.96. The molecule has 0 unspecified atom stereocenters. The molecule has 4 aromatic rings. The first-order valence-electron chi connectivity index (χ1n) is 17.2. The molecule has 0 aromatic heterocycles. The van der Waals surface area contributed by atoms with Gasteiger partial charge in [0.15, 0.2) is 33.0 Å². The van der Waals surface area contributed by atoms with Crippen molar-refractivity contribution in [3.8, 4) is 11.5 Å². The summed E-state index contributed by atoms with van der Waals surface area (Å²) in [5.41, 5.74) is -1.56. The van der Waals surface area contributed by atoms with E-state index in [1.54, 1.807) is 30.3 Å². The van der Waals surface area contributed by atoms with Crippen molar-refractivity contribution >= 4 is 64.2 Å². The highest BCUT2D eigenvalue weighted by Crippen LogP contribution is 2.67. The number of aromatic carboxylic acids is 1. The van der Waals surface area contributed by atoms with Gasteiger partial charge in [0, 0.05) is 17.5 Å². The number of phenols is 1. The van der Waals surface area contributed by atoms with E-state index < -0.39 is 110 Å². The Balaban J connectivity index is 1.28. The number of amides is 4. The van der Waals surface area contributed by atoms with E-state index in [4.69, 9.17) is 27.9 Å². The normalized spacial score (nSPS) is 26.6. The number of phenolic OH excluding ortho intramolecular Hbond substituents is 1. The molecule has 2 N–H and O–H groups in total. The number of benzene rings is 4. The molecule has 8 rings (SSSR count).